The zero-order valence-corrected chi connectivity index (χ0v) is 6.88. The molecule has 1 aromatic rings. The van der Waals surface area contributed by atoms with Gasteiger partial charge in [0, 0.05) is 0 Å². The molecular formula is C12H10. The molecule has 0 heterocycles. The number of hydrogen-bond acceptors (Lipinski definition) is 0. The van der Waals surface area contributed by atoms with E-state index in [2.05, 4.69) is 36.4 Å². The lowest BCUT2D eigenvalue weighted by molar-refractivity contribution is 1.24. The Kier molecular flexibility index (Phi) is 1.09. The lowest BCUT2D eigenvalue weighted by atomic mass is 9.99. The SMILES string of the molecule is C1=Cc2c(ccc3c2CC=C3)C1. The standard InChI is InChI=1S/C12H10/c1-3-9-7-8-10-4-2-6-12(10)11(9)5-1/h1-3,6-8H,4-5H2. The Hall–Kier alpha value is -1.30. The van der Waals surface area contributed by atoms with Gasteiger partial charge in [-0.2, -0.15) is 0 Å². The summed E-state index contributed by atoms with van der Waals surface area (Å²) >= 11 is 0. The first-order valence-electron chi connectivity index (χ1n) is 4.43. The van der Waals surface area contributed by atoms with E-state index in [1.165, 1.54) is 22.3 Å². The van der Waals surface area contributed by atoms with Crippen molar-refractivity contribution >= 4 is 12.2 Å². The first-order chi connectivity index (χ1) is 5.95. The average Bonchev–Trinajstić information content (AvgIpc) is 2.71. The first-order valence-corrected chi connectivity index (χ1v) is 4.43. The van der Waals surface area contributed by atoms with Crippen LogP contribution in [0.15, 0.2) is 24.3 Å². The second-order valence-electron chi connectivity index (χ2n) is 3.42. The maximum Gasteiger partial charge on any atom is -0.00821 e. The van der Waals surface area contributed by atoms with Gasteiger partial charge in [-0.1, -0.05) is 36.4 Å². The molecule has 0 N–H and O–H groups in total. The number of rotatable bonds is 0. The second kappa shape index (κ2) is 2.10. The minimum absolute atomic E-state index is 1.13. The van der Waals surface area contributed by atoms with Crippen molar-refractivity contribution in [3.05, 3.63) is 46.5 Å². The normalized spacial score (nSPS) is 16.7. The van der Waals surface area contributed by atoms with Gasteiger partial charge >= 0.3 is 0 Å². The van der Waals surface area contributed by atoms with Gasteiger partial charge in [0.25, 0.3) is 0 Å². The third-order valence-electron chi connectivity index (χ3n) is 2.73. The number of benzene rings is 1. The van der Waals surface area contributed by atoms with Crippen LogP contribution in [-0.4, -0.2) is 0 Å². The van der Waals surface area contributed by atoms with Gasteiger partial charge in [0.05, 0.1) is 0 Å². The van der Waals surface area contributed by atoms with Crippen LogP contribution in [0.25, 0.3) is 12.2 Å². The van der Waals surface area contributed by atoms with Crippen molar-refractivity contribution < 1.29 is 0 Å². The molecule has 0 aromatic heterocycles. The van der Waals surface area contributed by atoms with Gasteiger partial charge in [0.15, 0.2) is 0 Å². The lowest BCUT2D eigenvalue weighted by Gasteiger charge is -2.05. The summed E-state index contributed by atoms with van der Waals surface area (Å²) in [6.45, 7) is 0. The highest BCUT2D eigenvalue weighted by Crippen LogP contribution is 2.30. The average molecular weight is 154 g/mol. The van der Waals surface area contributed by atoms with Crippen molar-refractivity contribution in [3.8, 4) is 0 Å². The van der Waals surface area contributed by atoms with Crippen molar-refractivity contribution in [2.24, 2.45) is 0 Å². The van der Waals surface area contributed by atoms with E-state index in [4.69, 9.17) is 0 Å². The Bertz CT molecular complexity index is 395. The Morgan fingerprint density at radius 1 is 0.917 bits per heavy atom. The molecule has 0 saturated carbocycles. The Balaban J connectivity index is 2.33. The van der Waals surface area contributed by atoms with Gasteiger partial charge in [0.1, 0.15) is 0 Å². The van der Waals surface area contributed by atoms with E-state index >= 15 is 0 Å². The minimum Gasteiger partial charge on any atom is -0.0795 e. The molecule has 0 saturated heterocycles. The smallest absolute Gasteiger partial charge is 0.00821 e. The van der Waals surface area contributed by atoms with E-state index in [9.17, 15) is 0 Å². The van der Waals surface area contributed by atoms with Gasteiger partial charge in [-0.15, -0.1) is 0 Å². The van der Waals surface area contributed by atoms with Gasteiger partial charge in [0.2, 0.25) is 0 Å². The van der Waals surface area contributed by atoms with E-state index in [1.807, 2.05) is 0 Å². The molecule has 0 amide bonds. The minimum atomic E-state index is 1.13. The van der Waals surface area contributed by atoms with Crippen LogP contribution in [0.3, 0.4) is 0 Å². The molecule has 0 heteroatoms. The van der Waals surface area contributed by atoms with Crippen LogP contribution in [0.5, 0.6) is 0 Å². The highest BCUT2D eigenvalue weighted by atomic mass is 14.2. The molecule has 0 aliphatic heterocycles. The topological polar surface area (TPSA) is 0 Å². The maximum absolute atomic E-state index is 2.27. The Labute approximate surface area is 72.2 Å². The fourth-order valence-electron chi connectivity index (χ4n) is 2.11. The van der Waals surface area contributed by atoms with Gasteiger partial charge < -0.3 is 0 Å². The third-order valence-corrected chi connectivity index (χ3v) is 2.73. The van der Waals surface area contributed by atoms with Crippen molar-refractivity contribution in [2.45, 2.75) is 12.8 Å². The summed E-state index contributed by atoms with van der Waals surface area (Å²) in [6, 6.07) is 4.49. The van der Waals surface area contributed by atoms with Gasteiger partial charge in [-0.25, -0.2) is 0 Å². The van der Waals surface area contributed by atoms with Crippen molar-refractivity contribution in [2.75, 3.05) is 0 Å². The highest BCUT2D eigenvalue weighted by molar-refractivity contribution is 5.72. The molecule has 0 bridgehead atoms. The van der Waals surface area contributed by atoms with Crippen LogP contribution in [-0.2, 0) is 12.8 Å². The summed E-state index contributed by atoms with van der Waals surface area (Å²) in [6.07, 6.45) is 11.2. The Morgan fingerprint density at radius 2 is 1.83 bits per heavy atom. The van der Waals surface area contributed by atoms with E-state index < -0.39 is 0 Å². The van der Waals surface area contributed by atoms with E-state index in [0.29, 0.717) is 0 Å². The van der Waals surface area contributed by atoms with Crippen LogP contribution < -0.4 is 0 Å². The first kappa shape index (κ1) is 6.24. The molecule has 0 atom stereocenters. The number of allylic oxidation sites excluding steroid dienone is 2. The van der Waals surface area contributed by atoms with Gasteiger partial charge in [-0.05, 0) is 35.1 Å². The van der Waals surface area contributed by atoms with Crippen LogP contribution in [0.4, 0.5) is 0 Å². The molecule has 0 radical (unpaired) electrons. The quantitative estimate of drug-likeness (QED) is 0.539. The molecule has 0 nitrogen and oxygen atoms in total. The second-order valence-corrected chi connectivity index (χ2v) is 3.42. The summed E-state index contributed by atoms with van der Waals surface area (Å²) in [4.78, 5) is 0. The molecule has 0 spiro atoms. The van der Waals surface area contributed by atoms with Crippen molar-refractivity contribution in [3.63, 3.8) is 0 Å². The summed E-state index contributed by atoms with van der Waals surface area (Å²) in [5.41, 5.74) is 5.93. The molecule has 1 aromatic carbocycles. The van der Waals surface area contributed by atoms with Gasteiger partial charge in [-0.3, -0.25) is 0 Å². The third kappa shape index (κ3) is 0.672. The highest BCUT2D eigenvalue weighted by Gasteiger charge is 2.14. The lowest BCUT2D eigenvalue weighted by Crippen LogP contribution is -1.90. The molecular weight excluding hydrogens is 144 g/mol. The molecule has 2 aliphatic rings. The monoisotopic (exact) mass is 154 g/mol. The zero-order valence-electron chi connectivity index (χ0n) is 6.88. The van der Waals surface area contributed by atoms with Crippen molar-refractivity contribution in [1.82, 2.24) is 0 Å². The predicted octanol–water partition coefficient (Wildman–Crippen LogP) is 2.83. The summed E-state index contributed by atoms with van der Waals surface area (Å²) in [5.74, 6) is 0. The summed E-state index contributed by atoms with van der Waals surface area (Å²) < 4.78 is 0. The predicted molar refractivity (Wildman–Crippen MR) is 51.9 cm³/mol. The summed E-state index contributed by atoms with van der Waals surface area (Å²) in [5, 5.41) is 0. The zero-order chi connectivity index (χ0) is 7.97. The molecule has 12 heavy (non-hydrogen) atoms. The van der Waals surface area contributed by atoms with E-state index in [-0.39, 0.29) is 0 Å². The number of fused-ring (bicyclic) bond motifs is 3. The molecule has 0 unspecified atom stereocenters. The molecule has 0 fully saturated rings. The molecule has 58 valence electrons. The molecule has 3 rings (SSSR count). The maximum atomic E-state index is 2.27. The largest absolute Gasteiger partial charge is 0.0795 e. The summed E-state index contributed by atoms with van der Waals surface area (Å²) in [7, 11) is 0. The number of hydrogen-bond donors (Lipinski definition) is 0. The van der Waals surface area contributed by atoms with Crippen LogP contribution in [0.2, 0.25) is 0 Å². The fourth-order valence-corrected chi connectivity index (χ4v) is 2.11. The van der Waals surface area contributed by atoms with Crippen molar-refractivity contribution in [1.29, 1.82) is 0 Å². The Morgan fingerprint density at radius 3 is 2.83 bits per heavy atom. The van der Waals surface area contributed by atoms with Crippen LogP contribution >= 0.6 is 0 Å². The van der Waals surface area contributed by atoms with E-state index in [1.54, 1.807) is 0 Å². The van der Waals surface area contributed by atoms with Crippen LogP contribution in [0.1, 0.15) is 22.3 Å². The van der Waals surface area contributed by atoms with Crippen LogP contribution in [0, 0.1) is 0 Å². The fraction of sp³-hybridized carbons (Fsp3) is 0.167. The van der Waals surface area contributed by atoms with E-state index in [0.717, 1.165) is 12.8 Å². The molecule has 2 aliphatic carbocycles.